The van der Waals surface area contributed by atoms with Crippen LogP contribution in [0.4, 0.5) is 0 Å². The third-order valence-corrected chi connectivity index (χ3v) is 4.18. The van der Waals surface area contributed by atoms with Gasteiger partial charge >= 0.3 is 0 Å². The number of hydrogen-bond acceptors (Lipinski definition) is 2. The van der Waals surface area contributed by atoms with E-state index in [2.05, 4.69) is 11.8 Å². The summed E-state index contributed by atoms with van der Waals surface area (Å²) in [4.78, 5) is 2.48. The molecule has 0 radical (unpaired) electrons. The Labute approximate surface area is 119 Å². The number of nitrogens with zero attached hydrogens (tertiary/aromatic N) is 1. The molecule has 4 heteroatoms. The van der Waals surface area contributed by atoms with Gasteiger partial charge in [0.2, 0.25) is 0 Å². The second-order valence-electron chi connectivity index (χ2n) is 5.04. The fourth-order valence-corrected chi connectivity index (χ4v) is 3.36. The molecule has 1 saturated heterocycles. The summed E-state index contributed by atoms with van der Waals surface area (Å²) in [6.07, 6.45) is 3.80. The normalized spacial score (nSPS) is 23.0. The molecule has 0 spiro atoms. The highest BCUT2D eigenvalue weighted by Crippen LogP contribution is 2.31. The second-order valence-corrected chi connectivity index (χ2v) is 5.91. The van der Waals surface area contributed by atoms with Crippen molar-refractivity contribution in [2.45, 2.75) is 38.3 Å². The first-order chi connectivity index (χ1) is 8.61. The van der Waals surface area contributed by atoms with Gasteiger partial charge in [0, 0.05) is 28.7 Å². The average Bonchev–Trinajstić information content (AvgIpc) is 2.31. The lowest BCUT2D eigenvalue weighted by atomic mass is 9.97. The highest BCUT2D eigenvalue weighted by molar-refractivity contribution is 6.34. The number of rotatable bonds is 3. The predicted molar refractivity (Wildman–Crippen MR) is 78.3 cm³/mol. The van der Waals surface area contributed by atoms with Gasteiger partial charge in [0.15, 0.2) is 0 Å². The summed E-state index contributed by atoms with van der Waals surface area (Å²) in [5, 5.41) is 1.36. The summed E-state index contributed by atoms with van der Waals surface area (Å²) in [5.74, 6) is 0. The molecule has 1 heterocycles. The van der Waals surface area contributed by atoms with Gasteiger partial charge in [-0.2, -0.15) is 0 Å². The number of nitrogens with two attached hydrogens (primary N) is 1. The van der Waals surface area contributed by atoms with Gasteiger partial charge in [0.1, 0.15) is 0 Å². The fourth-order valence-electron chi connectivity index (χ4n) is 2.81. The van der Waals surface area contributed by atoms with Crippen molar-refractivity contribution in [3.63, 3.8) is 0 Å². The zero-order valence-electron chi connectivity index (χ0n) is 10.7. The molecule has 1 aromatic rings. The first kappa shape index (κ1) is 14.1. The molecular weight excluding hydrogens is 267 g/mol. The van der Waals surface area contributed by atoms with Crippen LogP contribution in [-0.2, 0) is 0 Å². The Balaban J connectivity index is 2.26. The van der Waals surface area contributed by atoms with Gasteiger partial charge in [-0.15, -0.1) is 0 Å². The fraction of sp³-hybridized carbons (Fsp3) is 0.571. The lowest BCUT2D eigenvalue weighted by molar-refractivity contribution is 0.109. The van der Waals surface area contributed by atoms with Crippen molar-refractivity contribution in [3.05, 3.63) is 33.8 Å². The highest BCUT2D eigenvalue weighted by atomic mass is 35.5. The molecule has 2 N–H and O–H groups in total. The Kier molecular flexibility index (Phi) is 4.91. The van der Waals surface area contributed by atoms with E-state index in [1.54, 1.807) is 6.07 Å². The maximum Gasteiger partial charge on any atom is 0.0474 e. The molecule has 0 saturated carbocycles. The summed E-state index contributed by atoms with van der Waals surface area (Å²) < 4.78 is 0. The quantitative estimate of drug-likeness (QED) is 0.914. The minimum atomic E-state index is 0.219. The van der Waals surface area contributed by atoms with Gasteiger partial charge in [-0.3, -0.25) is 4.90 Å². The predicted octanol–water partition coefficient (Wildman–Crippen LogP) is 3.87. The molecule has 2 nitrogen and oxygen atoms in total. The van der Waals surface area contributed by atoms with Crippen molar-refractivity contribution in [1.82, 2.24) is 4.90 Å². The van der Waals surface area contributed by atoms with Crippen molar-refractivity contribution in [3.8, 4) is 0 Å². The average molecular weight is 287 g/mol. The third kappa shape index (κ3) is 3.18. The van der Waals surface area contributed by atoms with Gasteiger partial charge < -0.3 is 5.73 Å². The van der Waals surface area contributed by atoms with E-state index in [4.69, 9.17) is 28.9 Å². The summed E-state index contributed by atoms with van der Waals surface area (Å²) in [5.41, 5.74) is 7.10. The van der Waals surface area contributed by atoms with Crippen LogP contribution in [0.3, 0.4) is 0 Å². The Bertz CT molecular complexity index is 389. The van der Waals surface area contributed by atoms with E-state index in [0.717, 1.165) is 12.1 Å². The van der Waals surface area contributed by atoms with E-state index in [1.807, 2.05) is 12.1 Å². The molecule has 18 heavy (non-hydrogen) atoms. The maximum atomic E-state index is 6.08. The van der Waals surface area contributed by atoms with Crippen LogP contribution in [0.15, 0.2) is 18.2 Å². The van der Waals surface area contributed by atoms with E-state index in [0.29, 0.717) is 22.6 Å². The first-order valence-corrected chi connectivity index (χ1v) is 7.29. The molecule has 0 amide bonds. The van der Waals surface area contributed by atoms with Crippen LogP contribution >= 0.6 is 23.2 Å². The molecule has 1 aliphatic rings. The van der Waals surface area contributed by atoms with Gasteiger partial charge in [-0.1, -0.05) is 29.6 Å². The van der Waals surface area contributed by atoms with Gasteiger partial charge in [0.05, 0.1) is 0 Å². The Morgan fingerprint density at radius 3 is 2.50 bits per heavy atom. The molecule has 0 aromatic heterocycles. The summed E-state index contributed by atoms with van der Waals surface area (Å²) in [6, 6.07) is 6.51. The van der Waals surface area contributed by atoms with E-state index < -0.39 is 0 Å². The molecule has 0 bridgehead atoms. The van der Waals surface area contributed by atoms with E-state index in [1.165, 1.54) is 19.3 Å². The molecule has 2 rings (SSSR count). The Hall–Kier alpha value is -0.280. The van der Waals surface area contributed by atoms with Crippen LogP contribution in [0, 0.1) is 0 Å². The van der Waals surface area contributed by atoms with Gasteiger partial charge in [0.25, 0.3) is 0 Å². The van der Waals surface area contributed by atoms with Crippen molar-refractivity contribution in [1.29, 1.82) is 0 Å². The van der Waals surface area contributed by atoms with Crippen LogP contribution in [0.5, 0.6) is 0 Å². The number of piperidine rings is 1. The molecule has 100 valence electrons. The Morgan fingerprint density at radius 1 is 1.28 bits per heavy atom. The SMILES string of the molecule is CC1CCCCN1C(CN)c1cc(Cl)cc(Cl)c1. The second kappa shape index (κ2) is 6.25. The molecule has 2 atom stereocenters. The van der Waals surface area contributed by atoms with Crippen LogP contribution in [0.25, 0.3) is 0 Å². The highest BCUT2D eigenvalue weighted by Gasteiger charge is 2.26. The van der Waals surface area contributed by atoms with Crippen molar-refractivity contribution >= 4 is 23.2 Å². The molecule has 0 aliphatic carbocycles. The molecular formula is C14H20Cl2N2. The molecule has 1 aromatic carbocycles. The molecule has 2 unspecified atom stereocenters. The third-order valence-electron chi connectivity index (χ3n) is 3.75. The summed E-state index contributed by atoms with van der Waals surface area (Å²) in [6.45, 7) is 3.97. The van der Waals surface area contributed by atoms with Crippen LogP contribution in [0.2, 0.25) is 10.0 Å². The lowest BCUT2D eigenvalue weighted by Gasteiger charge is -2.39. The van der Waals surface area contributed by atoms with Crippen LogP contribution in [0.1, 0.15) is 37.8 Å². The topological polar surface area (TPSA) is 29.3 Å². The first-order valence-electron chi connectivity index (χ1n) is 6.53. The zero-order valence-corrected chi connectivity index (χ0v) is 12.2. The minimum Gasteiger partial charge on any atom is -0.329 e. The number of halogens is 2. The van der Waals surface area contributed by atoms with Gasteiger partial charge in [-0.05, 0) is 50.1 Å². The maximum absolute atomic E-state index is 6.08. The van der Waals surface area contributed by atoms with Crippen LogP contribution < -0.4 is 5.73 Å². The van der Waals surface area contributed by atoms with E-state index >= 15 is 0 Å². The number of benzene rings is 1. The van der Waals surface area contributed by atoms with Crippen molar-refractivity contribution in [2.24, 2.45) is 5.73 Å². The minimum absolute atomic E-state index is 0.219. The lowest BCUT2D eigenvalue weighted by Crippen LogP contribution is -2.43. The largest absolute Gasteiger partial charge is 0.329 e. The summed E-state index contributed by atoms with van der Waals surface area (Å²) >= 11 is 12.2. The van der Waals surface area contributed by atoms with Gasteiger partial charge in [-0.25, -0.2) is 0 Å². The van der Waals surface area contributed by atoms with Crippen molar-refractivity contribution in [2.75, 3.05) is 13.1 Å². The van der Waals surface area contributed by atoms with E-state index in [9.17, 15) is 0 Å². The van der Waals surface area contributed by atoms with Crippen molar-refractivity contribution < 1.29 is 0 Å². The Morgan fingerprint density at radius 2 is 1.94 bits per heavy atom. The standard InChI is InChI=1S/C14H20Cl2N2/c1-10-4-2-3-5-18(10)14(9-17)11-6-12(15)8-13(16)7-11/h6-8,10,14H,2-5,9,17H2,1H3. The molecule has 1 fully saturated rings. The van der Waals surface area contributed by atoms with E-state index in [-0.39, 0.29) is 6.04 Å². The zero-order chi connectivity index (χ0) is 13.1. The monoisotopic (exact) mass is 286 g/mol. The summed E-state index contributed by atoms with van der Waals surface area (Å²) in [7, 11) is 0. The molecule has 1 aliphatic heterocycles. The number of likely N-dealkylation sites (tertiary alicyclic amines) is 1. The van der Waals surface area contributed by atoms with Crippen LogP contribution in [-0.4, -0.2) is 24.0 Å². The number of hydrogen-bond donors (Lipinski definition) is 1. The smallest absolute Gasteiger partial charge is 0.0474 e.